The fraction of sp³-hybridized carbons (Fsp3) is 0.250. The number of nitrogens with zero attached hydrogens (tertiary/aromatic N) is 3. The maximum Gasteiger partial charge on any atom is 0.294 e. The van der Waals surface area contributed by atoms with Gasteiger partial charge in [-0.1, -0.05) is 28.1 Å². The monoisotopic (exact) mass is 442 g/mol. The van der Waals surface area contributed by atoms with Crippen molar-refractivity contribution < 1.29 is 9.66 Å². The van der Waals surface area contributed by atoms with Crippen molar-refractivity contribution in [2.75, 3.05) is 19.0 Å². The molecule has 3 aromatic rings. The average molecular weight is 443 g/mol. The number of rotatable bonds is 4. The van der Waals surface area contributed by atoms with Crippen LogP contribution in [-0.2, 0) is 6.42 Å². The lowest BCUT2D eigenvalue weighted by molar-refractivity contribution is -0.384. The van der Waals surface area contributed by atoms with Gasteiger partial charge in [0.2, 0.25) is 0 Å². The molecule has 8 heteroatoms. The smallest absolute Gasteiger partial charge is 0.294 e. The van der Waals surface area contributed by atoms with Gasteiger partial charge in [0.1, 0.15) is 22.9 Å². The highest BCUT2D eigenvalue weighted by molar-refractivity contribution is 9.10. The van der Waals surface area contributed by atoms with Gasteiger partial charge in [0.05, 0.1) is 12.0 Å². The van der Waals surface area contributed by atoms with Crippen molar-refractivity contribution in [1.29, 1.82) is 0 Å². The molecule has 1 aliphatic rings. The molecule has 4 rings (SSSR count). The minimum absolute atomic E-state index is 0.0200. The third-order valence-electron chi connectivity index (χ3n) is 4.85. The summed E-state index contributed by atoms with van der Waals surface area (Å²) in [4.78, 5) is 11.2. The molecule has 0 aliphatic carbocycles. The van der Waals surface area contributed by atoms with Crippen molar-refractivity contribution in [2.45, 2.75) is 19.3 Å². The molecule has 28 heavy (non-hydrogen) atoms. The number of hydrogen-bond donors (Lipinski definition) is 1. The van der Waals surface area contributed by atoms with Gasteiger partial charge < -0.3 is 10.1 Å². The fourth-order valence-electron chi connectivity index (χ4n) is 3.56. The van der Waals surface area contributed by atoms with Crippen molar-refractivity contribution in [3.8, 4) is 22.7 Å². The van der Waals surface area contributed by atoms with Crippen molar-refractivity contribution in [3.05, 3.63) is 62.6 Å². The normalized spacial score (nSPS) is 13.4. The van der Waals surface area contributed by atoms with Gasteiger partial charge in [-0.25, -0.2) is 4.68 Å². The Bertz CT molecular complexity index is 1050. The van der Waals surface area contributed by atoms with E-state index < -0.39 is 0 Å². The predicted molar refractivity (Wildman–Crippen MR) is 111 cm³/mol. The van der Waals surface area contributed by atoms with E-state index in [0.29, 0.717) is 11.4 Å². The summed E-state index contributed by atoms with van der Waals surface area (Å²) < 4.78 is 8.13. The third-order valence-corrected chi connectivity index (χ3v) is 5.35. The Hall–Kier alpha value is -2.87. The second kappa shape index (κ2) is 7.63. The first-order chi connectivity index (χ1) is 13.6. The standard InChI is InChI=1S/C20H19BrN4O3/c1-28-18-10-9-13(21)12-15(18)19-14-6-4-5-11-22-20(14)24(23-19)16-7-2-3-8-17(16)25(26)27/h2-3,7-10,12,22H,4-6,11H2,1H3. The summed E-state index contributed by atoms with van der Waals surface area (Å²) in [7, 11) is 1.63. The number of benzene rings is 2. The minimum Gasteiger partial charge on any atom is -0.496 e. The molecule has 7 nitrogen and oxygen atoms in total. The van der Waals surface area contributed by atoms with Gasteiger partial charge in [-0.05, 0) is 43.5 Å². The molecule has 0 spiro atoms. The Morgan fingerprint density at radius 3 is 2.86 bits per heavy atom. The van der Waals surface area contributed by atoms with Crippen LogP contribution in [0.1, 0.15) is 18.4 Å². The van der Waals surface area contributed by atoms with Gasteiger partial charge in [0.15, 0.2) is 0 Å². The van der Waals surface area contributed by atoms with Crippen LogP contribution >= 0.6 is 15.9 Å². The molecule has 1 N–H and O–H groups in total. The molecular formula is C20H19BrN4O3. The summed E-state index contributed by atoms with van der Waals surface area (Å²) in [6.07, 6.45) is 2.89. The number of nitro groups is 1. The zero-order chi connectivity index (χ0) is 19.7. The Morgan fingerprint density at radius 2 is 2.07 bits per heavy atom. The predicted octanol–water partition coefficient (Wildman–Crippen LogP) is 4.97. The number of halogens is 1. The van der Waals surface area contributed by atoms with E-state index in [1.807, 2.05) is 18.2 Å². The van der Waals surface area contributed by atoms with Gasteiger partial charge >= 0.3 is 0 Å². The van der Waals surface area contributed by atoms with Gasteiger partial charge in [0.25, 0.3) is 5.69 Å². The quantitative estimate of drug-likeness (QED) is 0.455. The molecule has 0 fully saturated rings. The number of hydrogen-bond acceptors (Lipinski definition) is 5. The van der Waals surface area contributed by atoms with Crippen molar-refractivity contribution in [1.82, 2.24) is 9.78 Å². The lowest BCUT2D eigenvalue weighted by atomic mass is 10.0. The molecule has 0 saturated carbocycles. The van der Waals surface area contributed by atoms with E-state index in [2.05, 4.69) is 21.2 Å². The Morgan fingerprint density at radius 1 is 1.25 bits per heavy atom. The lowest BCUT2D eigenvalue weighted by Crippen LogP contribution is -2.08. The first-order valence-corrected chi connectivity index (χ1v) is 9.83. The molecule has 0 bridgehead atoms. The van der Waals surface area contributed by atoms with E-state index >= 15 is 0 Å². The lowest BCUT2D eigenvalue weighted by Gasteiger charge is -2.09. The summed E-state index contributed by atoms with van der Waals surface area (Å²) in [6.45, 7) is 0.800. The number of para-hydroxylation sites is 2. The van der Waals surface area contributed by atoms with Crippen LogP contribution in [0.15, 0.2) is 46.9 Å². The van der Waals surface area contributed by atoms with Gasteiger partial charge in [-0.3, -0.25) is 10.1 Å². The molecule has 1 aliphatic heterocycles. The number of aromatic nitrogens is 2. The molecular weight excluding hydrogens is 424 g/mol. The van der Waals surface area contributed by atoms with Gasteiger partial charge in [-0.15, -0.1) is 0 Å². The topological polar surface area (TPSA) is 82.2 Å². The van der Waals surface area contributed by atoms with Crippen LogP contribution in [0.4, 0.5) is 11.5 Å². The first-order valence-electron chi connectivity index (χ1n) is 9.03. The summed E-state index contributed by atoms with van der Waals surface area (Å²) in [5.74, 6) is 1.52. The highest BCUT2D eigenvalue weighted by Crippen LogP contribution is 2.40. The highest BCUT2D eigenvalue weighted by atomic mass is 79.9. The average Bonchev–Trinajstić information content (AvgIpc) is 2.88. The highest BCUT2D eigenvalue weighted by Gasteiger charge is 2.26. The summed E-state index contributed by atoms with van der Waals surface area (Å²) in [5.41, 5.74) is 3.15. The summed E-state index contributed by atoms with van der Waals surface area (Å²) in [5, 5.41) is 19.8. The number of fused-ring (bicyclic) bond motifs is 1. The molecule has 2 aromatic carbocycles. The molecule has 0 unspecified atom stereocenters. The summed E-state index contributed by atoms with van der Waals surface area (Å²) >= 11 is 3.52. The Labute approximate surface area is 170 Å². The number of methoxy groups -OCH3 is 1. The van der Waals surface area contributed by atoms with E-state index in [4.69, 9.17) is 9.84 Å². The SMILES string of the molecule is COc1ccc(Br)cc1-c1nn(-c2ccccc2[N+](=O)[O-])c2c1CCCCN2. The number of ether oxygens (including phenoxy) is 1. The number of nitrogens with one attached hydrogen (secondary N) is 1. The van der Waals surface area contributed by atoms with Gasteiger partial charge in [0, 0.05) is 28.2 Å². The Kier molecular flexibility index (Phi) is 5.04. The molecule has 144 valence electrons. The zero-order valence-electron chi connectivity index (χ0n) is 15.3. The second-order valence-electron chi connectivity index (χ2n) is 6.56. The van der Waals surface area contributed by atoms with Crippen molar-refractivity contribution in [3.63, 3.8) is 0 Å². The van der Waals surface area contributed by atoms with Crippen LogP contribution in [0, 0.1) is 10.1 Å². The second-order valence-corrected chi connectivity index (χ2v) is 7.48. The molecule has 0 saturated heterocycles. The van der Waals surface area contributed by atoms with E-state index in [1.54, 1.807) is 30.0 Å². The van der Waals surface area contributed by atoms with Crippen LogP contribution in [0.2, 0.25) is 0 Å². The zero-order valence-corrected chi connectivity index (χ0v) is 16.9. The molecule has 0 atom stereocenters. The van der Waals surface area contributed by atoms with Crippen LogP contribution < -0.4 is 10.1 Å². The largest absolute Gasteiger partial charge is 0.496 e. The van der Waals surface area contributed by atoms with E-state index in [-0.39, 0.29) is 10.6 Å². The van der Waals surface area contributed by atoms with Gasteiger partial charge in [-0.2, -0.15) is 5.10 Å². The Balaban J connectivity index is 1.99. The third kappa shape index (κ3) is 3.24. The molecule has 1 aromatic heterocycles. The fourth-order valence-corrected chi connectivity index (χ4v) is 3.92. The van der Waals surface area contributed by atoms with Crippen LogP contribution in [0.3, 0.4) is 0 Å². The number of anilines is 1. The maximum atomic E-state index is 11.6. The molecule has 0 radical (unpaired) electrons. The first kappa shape index (κ1) is 18.5. The molecule has 0 amide bonds. The molecule has 2 heterocycles. The van der Waals surface area contributed by atoms with Crippen molar-refractivity contribution in [2.24, 2.45) is 0 Å². The maximum absolute atomic E-state index is 11.6. The van der Waals surface area contributed by atoms with E-state index in [1.165, 1.54) is 6.07 Å². The van der Waals surface area contributed by atoms with Crippen LogP contribution in [0.5, 0.6) is 5.75 Å². The van der Waals surface area contributed by atoms with Crippen LogP contribution in [0.25, 0.3) is 16.9 Å². The van der Waals surface area contributed by atoms with Crippen molar-refractivity contribution >= 4 is 27.4 Å². The number of nitro benzene ring substituents is 1. The minimum atomic E-state index is -0.376. The summed E-state index contributed by atoms with van der Waals surface area (Å²) in [6, 6.07) is 12.4. The van der Waals surface area contributed by atoms with Crippen LogP contribution in [-0.4, -0.2) is 28.4 Å². The van der Waals surface area contributed by atoms with E-state index in [9.17, 15) is 10.1 Å². The van der Waals surface area contributed by atoms with E-state index in [0.717, 1.165) is 52.9 Å².